The Morgan fingerprint density at radius 1 is 1.14 bits per heavy atom. The van der Waals surface area contributed by atoms with E-state index >= 15 is 0 Å². The number of benzene rings is 2. The molecule has 36 heavy (non-hydrogen) atoms. The van der Waals surface area contributed by atoms with Gasteiger partial charge in [0.15, 0.2) is 0 Å². The highest BCUT2D eigenvalue weighted by atomic mass is 35.5. The molecule has 4 rings (SSSR count). The number of hydrogen-bond donors (Lipinski definition) is 2. The van der Waals surface area contributed by atoms with E-state index in [2.05, 4.69) is 16.0 Å². The number of rotatable bonds is 11. The van der Waals surface area contributed by atoms with E-state index in [1.807, 2.05) is 48.2 Å². The maximum absolute atomic E-state index is 11.2. The smallest absolute Gasteiger partial charge is 0.132 e. The van der Waals surface area contributed by atoms with E-state index in [0.717, 1.165) is 66.2 Å². The largest absolute Gasteiger partial charge is 0.497 e. The number of para-hydroxylation sites is 1. The van der Waals surface area contributed by atoms with Crippen LogP contribution < -0.4 is 9.47 Å². The van der Waals surface area contributed by atoms with Crippen molar-refractivity contribution in [3.8, 4) is 11.5 Å². The first-order valence-corrected chi connectivity index (χ1v) is 13.7. The van der Waals surface area contributed by atoms with Crippen molar-refractivity contribution in [3.63, 3.8) is 0 Å². The fraction of sp³-hybridized carbons (Fsp3) is 0.464. The summed E-state index contributed by atoms with van der Waals surface area (Å²) in [4.78, 5) is 8.02. The normalized spacial score (nSPS) is 16.7. The number of hydrogen-bond acceptors (Lipinski definition) is 7. The Morgan fingerprint density at radius 3 is 2.64 bits per heavy atom. The highest BCUT2D eigenvalue weighted by Gasteiger charge is 2.34. The first-order valence-electron chi connectivity index (χ1n) is 12.4. The van der Waals surface area contributed by atoms with Gasteiger partial charge in [-0.3, -0.25) is 4.98 Å². The number of aromatic nitrogens is 1. The number of ether oxygens (including phenoxy) is 2. The Kier molecular flexibility index (Phi) is 9.36. The molecule has 2 N–H and O–H groups in total. The third kappa shape index (κ3) is 6.26. The van der Waals surface area contributed by atoms with Crippen LogP contribution in [0.25, 0.3) is 10.9 Å². The average molecular weight is 531 g/mol. The van der Waals surface area contributed by atoms with Gasteiger partial charge in [-0.25, -0.2) is 0 Å². The van der Waals surface area contributed by atoms with Crippen molar-refractivity contribution < 1.29 is 19.7 Å². The molecule has 6 nitrogen and oxygen atoms in total. The van der Waals surface area contributed by atoms with Crippen LogP contribution in [0, 0.1) is 5.41 Å². The molecule has 1 fully saturated rings. The van der Waals surface area contributed by atoms with Crippen LogP contribution >= 0.6 is 23.4 Å². The molecule has 1 atom stereocenters. The van der Waals surface area contributed by atoms with Gasteiger partial charge < -0.3 is 24.6 Å². The van der Waals surface area contributed by atoms with Crippen molar-refractivity contribution in [2.24, 2.45) is 5.41 Å². The predicted octanol–water partition coefficient (Wildman–Crippen LogP) is 5.59. The van der Waals surface area contributed by atoms with Crippen LogP contribution in [-0.2, 0) is 0 Å². The second kappa shape index (κ2) is 12.5. The summed E-state index contributed by atoms with van der Waals surface area (Å²) in [6, 6.07) is 13.7. The molecular weight excluding hydrogens is 496 g/mol. The molecule has 0 unspecified atom stereocenters. The van der Waals surface area contributed by atoms with Crippen LogP contribution in [0.3, 0.4) is 0 Å². The SMILES string of the molecule is COc1ccc2ncc(Cl)c([C@@H](O)CCC3(CO)CCN(CCSc4ccccc4OC)CC3)c2c1. The van der Waals surface area contributed by atoms with Gasteiger partial charge >= 0.3 is 0 Å². The molecule has 0 aliphatic carbocycles. The van der Waals surface area contributed by atoms with Crippen molar-refractivity contribution in [3.05, 3.63) is 59.2 Å². The van der Waals surface area contributed by atoms with Crippen LogP contribution in [0.1, 0.15) is 37.4 Å². The van der Waals surface area contributed by atoms with Gasteiger partial charge in [-0.1, -0.05) is 23.7 Å². The number of likely N-dealkylation sites (tertiary alicyclic amines) is 1. The predicted molar refractivity (Wildman–Crippen MR) is 146 cm³/mol. The zero-order chi connectivity index (χ0) is 25.5. The Balaban J connectivity index is 1.33. The van der Waals surface area contributed by atoms with E-state index in [0.29, 0.717) is 22.8 Å². The molecule has 2 aromatic carbocycles. The van der Waals surface area contributed by atoms with Gasteiger partial charge in [0.1, 0.15) is 11.5 Å². The molecule has 1 saturated heterocycles. The third-order valence-electron chi connectivity index (χ3n) is 7.34. The van der Waals surface area contributed by atoms with Gasteiger partial charge in [-0.2, -0.15) is 0 Å². The molecule has 3 aromatic rings. The standard InChI is InChI=1S/C28H35ClN2O4S/c1-34-20-7-8-23-21(17-20)27(22(29)18-30-23)24(33)9-10-28(19-32)11-13-31(14-12-28)15-16-36-26-6-4-3-5-25(26)35-2/h3-8,17-18,24,32-33H,9-16,19H2,1-2H3/t24-/m0/s1. The zero-order valence-corrected chi connectivity index (χ0v) is 22.5. The van der Waals surface area contributed by atoms with Crippen molar-refractivity contribution in [2.75, 3.05) is 46.2 Å². The van der Waals surface area contributed by atoms with Crippen LogP contribution in [0.2, 0.25) is 5.02 Å². The molecule has 1 aliphatic rings. The zero-order valence-electron chi connectivity index (χ0n) is 21.0. The van der Waals surface area contributed by atoms with Gasteiger partial charge in [-0.15, -0.1) is 11.8 Å². The molecule has 0 saturated carbocycles. The van der Waals surface area contributed by atoms with Gasteiger partial charge in [0.05, 0.1) is 30.9 Å². The average Bonchev–Trinajstić information content (AvgIpc) is 2.92. The summed E-state index contributed by atoms with van der Waals surface area (Å²) in [7, 11) is 3.32. The lowest BCUT2D eigenvalue weighted by Crippen LogP contribution is -2.43. The Labute approximate surface area is 222 Å². The summed E-state index contributed by atoms with van der Waals surface area (Å²) in [6.07, 6.45) is 3.94. The van der Waals surface area contributed by atoms with E-state index in [4.69, 9.17) is 21.1 Å². The number of thioether (sulfide) groups is 1. The number of fused-ring (bicyclic) bond motifs is 1. The van der Waals surface area contributed by atoms with Gasteiger partial charge in [0.2, 0.25) is 0 Å². The van der Waals surface area contributed by atoms with E-state index in [9.17, 15) is 10.2 Å². The molecule has 0 spiro atoms. The maximum Gasteiger partial charge on any atom is 0.132 e. The molecule has 0 amide bonds. The first-order chi connectivity index (χ1) is 17.5. The van der Waals surface area contributed by atoms with Crippen LogP contribution in [0.4, 0.5) is 0 Å². The van der Waals surface area contributed by atoms with Crippen LogP contribution in [-0.4, -0.2) is 66.3 Å². The molecule has 194 valence electrons. The van der Waals surface area contributed by atoms with Crippen molar-refractivity contribution in [1.29, 1.82) is 0 Å². The van der Waals surface area contributed by atoms with Gasteiger partial charge in [-0.05, 0) is 74.5 Å². The highest BCUT2D eigenvalue weighted by molar-refractivity contribution is 7.99. The lowest BCUT2D eigenvalue weighted by atomic mass is 9.74. The van der Waals surface area contributed by atoms with E-state index in [1.165, 1.54) is 0 Å². The summed E-state index contributed by atoms with van der Waals surface area (Å²) in [5.74, 6) is 2.60. The molecule has 0 bridgehead atoms. The monoisotopic (exact) mass is 530 g/mol. The van der Waals surface area contributed by atoms with Crippen LogP contribution in [0.5, 0.6) is 11.5 Å². The number of nitrogens with zero attached hydrogens (tertiary/aromatic N) is 2. The number of pyridine rings is 1. The molecule has 8 heteroatoms. The second-order valence-electron chi connectivity index (χ2n) is 9.46. The minimum Gasteiger partial charge on any atom is -0.497 e. The first kappa shape index (κ1) is 27.0. The molecule has 1 aliphatic heterocycles. The summed E-state index contributed by atoms with van der Waals surface area (Å²) >= 11 is 8.30. The molecule has 0 radical (unpaired) electrons. The minimum absolute atomic E-state index is 0.127. The number of halogens is 1. The van der Waals surface area contributed by atoms with Crippen LogP contribution in [0.15, 0.2) is 53.6 Å². The van der Waals surface area contributed by atoms with E-state index in [-0.39, 0.29) is 12.0 Å². The Hall–Kier alpha value is -2.03. The van der Waals surface area contributed by atoms with Crippen molar-refractivity contribution in [2.45, 2.75) is 36.7 Å². The Morgan fingerprint density at radius 2 is 1.92 bits per heavy atom. The topological polar surface area (TPSA) is 75.0 Å². The summed E-state index contributed by atoms with van der Waals surface area (Å²) in [5, 5.41) is 22.7. The number of piperidine rings is 1. The molecular formula is C28H35ClN2O4S. The molecule has 2 heterocycles. The third-order valence-corrected chi connectivity index (χ3v) is 8.67. The summed E-state index contributed by atoms with van der Waals surface area (Å²) < 4.78 is 10.8. The van der Waals surface area contributed by atoms with Crippen molar-refractivity contribution >= 4 is 34.3 Å². The number of methoxy groups -OCH3 is 2. The van der Waals surface area contributed by atoms with E-state index in [1.54, 1.807) is 20.4 Å². The Bertz CT molecular complexity index is 1150. The van der Waals surface area contributed by atoms with Gasteiger partial charge in [0, 0.05) is 40.9 Å². The van der Waals surface area contributed by atoms with E-state index < -0.39 is 6.10 Å². The highest BCUT2D eigenvalue weighted by Crippen LogP contribution is 2.40. The maximum atomic E-state index is 11.2. The van der Waals surface area contributed by atoms with Gasteiger partial charge in [0.25, 0.3) is 0 Å². The van der Waals surface area contributed by atoms with Crippen molar-refractivity contribution in [1.82, 2.24) is 9.88 Å². The fourth-order valence-electron chi connectivity index (χ4n) is 4.98. The summed E-state index contributed by atoms with van der Waals surface area (Å²) in [5.41, 5.74) is 1.27. The quantitative estimate of drug-likeness (QED) is 0.313. The lowest BCUT2D eigenvalue weighted by Gasteiger charge is -2.41. The number of aliphatic hydroxyl groups excluding tert-OH is 2. The second-order valence-corrected chi connectivity index (χ2v) is 11.0. The number of aliphatic hydroxyl groups is 2. The summed E-state index contributed by atoms with van der Waals surface area (Å²) in [6.45, 7) is 3.01. The fourth-order valence-corrected chi connectivity index (χ4v) is 6.30. The lowest BCUT2D eigenvalue weighted by molar-refractivity contribution is 0.0254. The minimum atomic E-state index is -0.742. The molecule has 1 aromatic heterocycles.